The zero-order valence-corrected chi connectivity index (χ0v) is 11.2. The van der Waals surface area contributed by atoms with Crippen LogP contribution in [0.25, 0.3) is 22.2 Å². The fraction of sp³-hybridized carbons (Fsp3) is 0.250. The predicted octanol–water partition coefficient (Wildman–Crippen LogP) is 3.02. The molecule has 0 saturated heterocycles. The molecule has 4 rings (SSSR count). The molecule has 20 heavy (non-hydrogen) atoms. The quantitative estimate of drug-likeness (QED) is 0.687. The van der Waals surface area contributed by atoms with Gasteiger partial charge >= 0.3 is 0 Å². The van der Waals surface area contributed by atoms with Gasteiger partial charge in [-0.15, -0.1) is 10.2 Å². The number of benzene rings is 2. The van der Waals surface area contributed by atoms with Gasteiger partial charge in [0, 0.05) is 24.2 Å². The lowest BCUT2D eigenvalue weighted by atomic mass is 10.0. The largest absolute Gasteiger partial charge is 0.398 e. The van der Waals surface area contributed by atoms with Crippen LogP contribution in [-0.2, 0) is 13.0 Å². The first-order valence-electron chi connectivity index (χ1n) is 7.03. The summed E-state index contributed by atoms with van der Waals surface area (Å²) in [5, 5.41) is 11.0. The first-order valence-corrected chi connectivity index (χ1v) is 7.03. The molecule has 0 amide bonds. The van der Waals surface area contributed by atoms with E-state index >= 15 is 0 Å². The number of hydrogen-bond donors (Lipinski definition) is 1. The Morgan fingerprint density at radius 1 is 1.00 bits per heavy atom. The van der Waals surface area contributed by atoms with Crippen LogP contribution in [0.3, 0.4) is 0 Å². The van der Waals surface area contributed by atoms with Crippen LogP contribution in [0.1, 0.15) is 18.7 Å². The monoisotopic (exact) mass is 264 g/mol. The Hall–Kier alpha value is -2.36. The summed E-state index contributed by atoms with van der Waals surface area (Å²) in [5.74, 6) is 1.99. The van der Waals surface area contributed by atoms with Gasteiger partial charge in [0.05, 0.1) is 0 Å². The third-order valence-electron chi connectivity index (χ3n) is 4.02. The van der Waals surface area contributed by atoms with E-state index in [1.54, 1.807) is 0 Å². The van der Waals surface area contributed by atoms with Gasteiger partial charge in [0.1, 0.15) is 5.82 Å². The second-order valence-electron chi connectivity index (χ2n) is 5.34. The van der Waals surface area contributed by atoms with Crippen LogP contribution in [0.4, 0.5) is 5.69 Å². The van der Waals surface area contributed by atoms with Crippen LogP contribution >= 0.6 is 0 Å². The minimum atomic E-state index is 0.768. The van der Waals surface area contributed by atoms with Gasteiger partial charge < -0.3 is 10.3 Å². The summed E-state index contributed by atoms with van der Waals surface area (Å²) in [5.41, 5.74) is 7.99. The number of aromatic nitrogens is 3. The molecule has 4 nitrogen and oxygen atoms in total. The van der Waals surface area contributed by atoms with Crippen molar-refractivity contribution in [2.75, 3.05) is 5.73 Å². The third-order valence-corrected chi connectivity index (χ3v) is 4.02. The highest BCUT2D eigenvalue weighted by Crippen LogP contribution is 2.31. The molecule has 0 bridgehead atoms. The average molecular weight is 264 g/mol. The van der Waals surface area contributed by atoms with Crippen LogP contribution in [-0.4, -0.2) is 14.8 Å². The molecule has 0 saturated carbocycles. The van der Waals surface area contributed by atoms with Crippen LogP contribution in [0.2, 0.25) is 0 Å². The number of anilines is 1. The van der Waals surface area contributed by atoms with E-state index in [-0.39, 0.29) is 0 Å². The second-order valence-corrected chi connectivity index (χ2v) is 5.34. The Bertz CT molecular complexity index is 788. The molecular weight excluding hydrogens is 248 g/mol. The molecule has 2 heterocycles. The standard InChI is InChI=1S/C16H16N4/c17-14-10-12-6-2-1-5-11(12)9-13(14)16-19-18-15-7-3-4-8-20(15)16/h1-2,5-6,9-10H,3-4,7-8,17H2. The maximum Gasteiger partial charge on any atom is 0.166 e. The Kier molecular flexibility index (Phi) is 2.49. The van der Waals surface area contributed by atoms with Crippen molar-refractivity contribution in [3.05, 3.63) is 42.2 Å². The summed E-state index contributed by atoms with van der Waals surface area (Å²) >= 11 is 0. The lowest BCUT2D eigenvalue weighted by Crippen LogP contribution is -2.11. The van der Waals surface area contributed by atoms with E-state index < -0.39 is 0 Å². The summed E-state index contributed by atoms with van der Waals surface area (Å²) in [7, 11) is 0. The minimum Gasteiger partial charge on any atom is -0.398 e. The molecule has 0 unspecified atom stereocenters. The Morgan fingerprint density at radius 3 is 2.65 bits per heavy atom. The lowest BCUT2D eigenvalue weighted by Gasteiger charge is -2.15. The molecular formula is C16H16N4. The van der Waals surface area contributed by atoms with Gasteiger partial charge in [-0.1, -0.05) is 24.3 Å². The zero-order valence-electron chi connectivity index (χ0n) is 11.2. The molecule has 2 aromatic carbocycles. The van der Waals surface area contributed by atoms with Crippen LogP contribution in [0.15, 0.2) is 36.4 Å². The van der Waals surface area contributed by atoms with Gasteiger partial charge in [0.15, 0.2) is 5.82 Å². The van der Waals surface area contributed by atoms with Crippen molar-refractivity contribution in [3.8, 4) is 11.4 Å². The maximum absolute atomic E-state index is 6.23. The van der Waals surface area contributed by atoms with Gasteiger partial charge in [-0.25, -0.2) is 0 Å². The molecule has 2 N–H and O–H groups in total. The summed E-state index contributed by atoms with van der Waals surface area (Å²) in [6.45, 7) is 0.990. The highest BCUT2D eigenvalue weighted by molar-refractivity contribution is 5.92. The zero-order chi connectivity index (χ0) is 13.5. The predicted molar refractivity (Wildman–Crippen MR) is 80.3 cm³/mol. The normalized spacial score (nSPS) is 14.4. The van der Waals surface area contributed by atoms with Crippen LogP contribution < -0.4 is 5.73 Å². The van der Waals surface area contributed by atoms with E-state index in [1.165, 1.54) is 18.2 Å². The fourth-order valence-electron chi connectivity index (χ4n) is 2.96. The van der Waals surface area contributed by atoms with E-state index in [0.29, 0.717) is 0 Å². The van der Waals surface area contributed by atoms with Crippen LogP contribution in [0.5, 0.6) is 0 Å². The van der Waals surface area contributed by atoms with Gasteiger partial charge in [0.25, 0.3) is 0 Å². The summed E-state index contributed by atoms with van der Waals surface area (Å²) in [6.07, 6.45) is 3.40. The molecule has 0 fully saturated rings. The number of fused-ring (bicyclic) bond motifs is 2. The third kappa shape index (κ3) is 1.68. The SMILES string of the molecule is Nc1cc2ccccc2cc1-c1nnc2n1CCCC2. The minimum absolute atomic E-state index is 0.768. The number of aryl methyl sites for hydroxylation is 1. The first-order chi connectivity index (χ1) is 9.83. The molecule has 1 aromatic heterocycles. The lowest BCUT2D eigenvalue weighted by molar-refractivity contribution is 0.526. The summed E-state index contributed by atoms with van der Waals surface area (Å²) in [4.78, 5) is 0. The van der Waals surface area contributed by atoms with Gasteiger partial charge in [-0.3, -0.25) is 0 Å². The molecule has 1 aliphatic heterocycles. The first kappa shape index (κ1) is 11.5. The van der Waals surface area contributed by atoms with E-state index in [1.807, 2.05) is 18.2 Å². The number of nitrogen functional groups attached to an aromatic ring is 1. The molecule has 100 valence electrons. The van der Waals surface area contributed by atoms with E-state index in [4.69, 9.17) is 5.73 Å². The van der Waals surface area contributed by atoms with Crippen molar-refractivity contribution in [2.45, 2.75) is 25.8 Å². The Balaban J connectivity index is 1.93. The smallest absolute Gasteiger partial charge is 0.166 e. The van der Waals surface area contributed by atoms with Gasteiger partial charge in [-0.05, 0) is 35.7 Å². The maximum atomic E-state index is 6.23. The van der Waals surface area contributed by atoms with Crippen molar-refractivity contribution >= 4 is 16.5 Å². The number of hydrogen-bond acceptors (Lipinski definition) is 3. The van der Waals surface area contributed by atoms with E-state index in [0.717, 1.165) is 41.3 Å². The number of nitrogens with two attached hydrogens (primary N) is 1. The van der Waals surface area contributed by atoms with Crippen molar-refractivity contribution in [1.29, 1.82) is 0 Å². The molecule has 0 aliphatic carbocycles. The molecule has 3 aromatic rings. The average Bonchev–Trinajstić information content (AvgIpc) is 2.90. The van der Waals surface area contributed by atoms with Crippen LogP contribution in [0, 0.1) is 0 Å². The second kappa shape index (κ2) is 4.34. The number of rotatable bonds is 1. The summed E-state index contributed by atoms with van der Waals surface area (Å²) < 4.78 is 2.21. The van der Waals surface area contributed by atoms with Crippen molar-refractivity contribution < 1.29 is 0 Å². The Morgan fingerprint density at radius 2 is 1.80 bits per heavy atom. The molecule has 0 atom stereocenters. The highest BCUT2D eigenvalue weighted by atomic mass is 15.3. The Labute approximate surface area is 117 Å². The number of nitrogens with zero attached hydrogens (tertiary/aromatic N) is 3. The van der Waals surface area contributed by atoms with Crippen molar-refractivity contribution in [3.63, 3.8) is 0 Å². The molecule has 0 spiro atoms. The van der Waals surface area contributed by atoms with Gasteiger partial charge in [0.2, 0.25) is 0 Å². The molecule has 1 aliphatic rings. The molecule has 4 heteroatoms. The van der Waals surface area contributed by atoms with Crippen molar-refractivity contribution in [2.24, 2.45) is 0 Å². The highest BCUT2D eigenvalue weighted by Gasteiger charge is 2.18. The van der Waals surface area contributed by atoms with E-state index in [9.17, 15) is 0 Å². The molecule has 0 radical (unpaired) electrons. The fourth-order valence-corrected chi connectivity index (χ4v) is 2.96. The topological polar surface area (TPSA) is 56.7 Å². The summed E-state index contributed by atoms with van der Waals surface area (Å²) in [6, 6.07) is 12.4. The van der Waals surface area contributed by atoms with E-state index in [2.05, 4.69) is 33.0 Å². The van der Waals surface area contributed by atoms with Crippen molar-refractivity contribution in [1.82, 2.24) is 14.8 Å². The van der Waals surface area contributed by atoms with Gasteiger partial charge in [-0.2, -0.15) is 0 Å².